The Kier molecular flexibility index (Phi) is 3.05. The molecular weight excluding hydrogens is 322 g/mol. The molecule has 0 unspecified atom stereocenters. The van der Waals surface area contributed by atoms with Crippen molar-refractivity contribution < 1.29 is 8.83 Å². The predicted octanol–water partition coefficient (Wildman–Crippen LogP) is 6.69. The van der Waals surface area contributed by atoms with E-state index < -0.39 is 0 Å². The van der Waals surface area contributed by atoms with Crippen molar-refractivity contribution >= 4 is 33.0 Å². The molecule has 5 rings (SSSR count). The third-order valence-corrected chi connectivity index (χ3v) is 4.88. The molecule has 0 aliphatic rings. The average Bonchev–Trinajstić information content (AvgIpc) is 3.21. The number of hydrogen-bond donors (Lipinski definition) is 0. The third-order valence-electron chi connectivity index (χ3n) is 4.88. The first-order valence-electron chi connectivity index (χ1n) is 8.82. The second-order valence-corrected chi connectivity index (χ2v) is 7.76. The number of furan rings is 1. The van der Waals surface area contributed by atoms with Gasteiger partial charge in [-0.05, 0) is 53.4 Å². The zero-order valence-corrected chi connectivity index (χ0v) is 15.0. The summed E-state index contributed by atoms with van der Waals surface area (Å²) in [6, 6.07) is 20.4. The maximum Gasteiger partial charge on any atom is 0.227 e. The highest BCUT2D eigenvalue weighted by Crippen LogP contribution is 2.35. The molecule has 0 aliphatic heterocycles. The van der Waals surface area contributed by atoms with Gasteiger partial charge in [0.1, 0.15) is 16.7 Å². The molecule has 128 valence electrons. The molecule has 0 bridgehead atoms. The normalized spacial score (nSPS) is 12.4. The lowest BCUT2D eigenvalue weighted by atomic mass is 9.86. The molecule has 3 nitrogen and oxygen atoms in total. The fourth-order valence-corrected chi connectivity index (χ4v) is 3.37. The van der Waals surface area contributed by atoms with Crippen LogP contribution in [-0.4, -0.2) is 4.98 Å². The van der Waals surface area contributed by atoms with Gasteiger partial charge in [0.05, 0.1) is 0 Å². The van der Waals surface area contributed by atoms with Gasteiger partial charge in [-0.15, -0.1) is 0 Å². The fraction of sp³-hybridized carbons (Fsp3) is 0.174. The van der Waals surface area contributed by atoms with Gasteiger partial charge >= 0.3 is 0 Å². The van der Waals surface area contributed by atoms with Crippen LogP contribution in [0.3, 0.4) is 0 Å². The Morgan fingerprint density at radius 1 is 0.731 bits per heavy atom. The molecule has 0 aliphatic carbocycles. The molecule has 26 heavy (non-hydrogen) atoms. The van der Waals surface area contributed by atoms with Crippen molar-refractivity contribution in [2.75, 3.05) is 0 Å². The number of fused-ring (bicyclic) bond motifs is 4. The number of oxazole rings is 1. The van der Waals surface area contributed by atoms with Crippen molar-refractivity contribution in [3.8, 4) is 11.5 Å². The summed E-state index contributed by atoms with van der Waals surface area (Å²) in [4.78, 5) is 4.61. The van der Waals surface area contributed by atoms with E-state index in [0.29, 0.717) is 5.89 Å². The summed E-state index contributed by atoms with van der Waals surface area (Å²) in [6.45, 7) is 6.67. The molecule has 0 saturated carbocycles. The molecule has 2 aromatic heterocycles. The highest BCUT2D eigenvalue weighted by molar-refractivity contribution is 6.06. The van der Waals surface area contributed by atoms with Crippen LogP contribution in [0.1, 0.15) is 26.3 Å². The summed E-state index contributed by atoms with van der Waals surface area (Å²) >= 11 is 0. The molecule has 0 atom stereocenters. The van der Waals surface area contributed by atoms with Gasteiger partial charge in [-0.2, -0.15) is 0 Å². The number of hydrogen-bond acceptors (Lipinski definition) is 3. The maximum atomic E-state index is 6.02. The first-order chi connectivity index (χ1) is 12.5. The molecule has 5 aromatic rings. The topological polar surface area (TPSA) is 39.2 Å². The number of nitrogens with zero attached hydrogens (tertiary/aromatic N) is 1. The quantitative estimate of drug-likeness (QED) is 0.341. The minimum atomic E-state index is 0.0929. The molecule has 2 heterocycles. The molecule has 0 amide bonds. The first kappa shape index (κ1) is 15.2. The number of rotatable bonds is 1. The molecule has 0 radical (unpaired) electrons. The molecule has 0 spiro atoms. The average molecular weight is 341 g/mol. The van der Waals surface area contributed by atoms with Gasteiger partial charge in [0.25, 0.3) is 0 Å². The van der Waals surface area contributed by atoms with E-state index in [1.54, 1.807) is 0 Å². The van der Waals surface area contributed by atoms with E-state index in [1.165, 1.54) is 5.56 Å². The lowest BCUT2D eigenvalue weighted by molar-refractivity contribution is 0.590. The zero-order valence-electron chi connectivity index (χ0n) is 15.0. The zero-order chi connectivity index (χ0) is 17.9. The van der Waals surface area contributed by atoms with E-state index in [1.807, 2.05) is 36.4 Å². The minimum absolute atomic E-state index is 0.0929. The summed E-state index contributed by atoms with van der Waals surface area (Å²) in [6.07, 6.45) is 0. The lowest BCUT2D eigenvalue weighted by Crippen LogP contribution is -2.10. The largest absolute Gasteiger partial charge is 0.456 e. The van der Waals surface area contributed by atoms with E-state index in [0.717, 1.165) is 38.6 Å². The van der Waals surface area contributed by atoms with Crippen molar-refractivity contribution in [1.82, 2.24) is 4.98 Å². The molecule has 0 saturated heterocycles. The summed E-state index contributed by atoms with van der Waals surface area (Å²) < 4.78 is 11.9. The van der Waals surface area contributed by atoms with E-state index in [9.17, 15) is 0 Å². The molecule has 0 fully saturated rings. The van der Waals surface area contributed by atoms with Crippen molar-refractivity contribution in [2.45, 2.75) is 26.2 Å². The van der Waals surface area contributed by atoms with E-state index in [4.69, 9.17) is 8.83 Å². The molecule has 0 N–H and O–H groups in total. The molecular formula is C23H19NO2. The van der Waals surface area contributed by atoms with Gasteiger partial charge in [-0.3, -0.25) is 0 Å². The Morgan fingerprint density at radius 3 is 2.23 bits per heavy atom. The van der Waals surface area contributed by atoms with Crippen LogP contribution in [0.15, 0.2) is 69.5 Å². The Labute approximate surface area is 151 Å². The number of aromatic nitrogens is 1. The standard InChI is InChI=1S/C23H19NO2/c1-23(2,3)15-9-11-20-17(13-15)16-12-14(8-10-19(16)25-20)22-24-18-6-4-5-7-21(18)26-22/h4-13H,1-3H3. The second-order valence-electron chi connectivity index (χ2n) is 7.76. The number of benzene rings is 3. The highest BCUT2D eigenvalue weighted by Gasteiger charge is 2.17. The molecule has 3 aromatic carbocycles. The van der Waals surface area contributed by atoms with Crippen LogP contribution >= 0.6 is 0 Å². The van der Waals surface area contributed by atoms with Crippen LogP contribution in [0.2, 0.25) is 0 Å². The van der Waals surface area contributed by atoms with Crippen LogP contribution in [0.4, 0.5) is 0 Å². The fourth-order valence-electron chi connectivity index (χ4n) is 3.37. The number of para-hydroxylation sites is 2. The Morgan fingerprint density at radius 2 is 1.46 bits per heavy atom. The summed E-state index contributed by atoms with van der Waals surface area (Å²) in [5, 5.41) is 2.22. The van der Waals surface area contributed by atoms with Gasteiger partial charge < -0.3 is 8.83 Å². The summed E-state index contributed by atoms with van der Waals surface area (Å²) in [5.74, 6) is 0.634. The van der Waals surface area contributed by atoms with Crippen molar-refractivity contribution in [3.63, 3.8) is 0 Å². The van der Waals surface area contributed by atoms with Gasteiger partial charge in [0, 0.05) is 16.3 Å². The van der Waals surface area contributed by atoms with Gasteiger partial charge in [-0.25, -0.2) is 4.98 Å². The Bertz CT molecular complexity index is 1240. The third kappa shape index (κ3) is 2.31. The van der Waals surface area contributed by atoms with Crippen LogP contribution in [0, 0.1) is 0 Å². The van der Waals surface area contributed by atoms with E-state index in [2.05, 4.69) is 50.0 Å². The Hall–Kier alpha value is -3.07. The summed E-state index contributed by atoms with van der Waals surface area (Å²) in [5.41, 5.74) is 5.80. The van der Waals surface area contributed by atoms with Crippen molar-refractivity contribution in [1.29, 1.82) is 0 Å². The van der Waals surface area contributed by atoms with Crippen molar-refractivity contribution in [2.24, 2.45) is 0 Å². The van der Waals surface area contributed by atoms with Crippen LogP contribution in [0.5, 0.6) is 0 Å². The first-order valence-corrected chi connectivity index (χ1v) is 8.82. The summed E-state index contributed by atoms with van der Waals surface area (Å²) in [7, 11) is 0. The van der Waals surface area contributed by atoms with E-state index in [-0.39, 0.29) is 5.41 Å². The monoisotopic (exact) mass is 341 g/mol. The Balaban J connectivity index is 1.73. The highest BCUT2D eigenvalue weighted by atomic mass is 16.3. The van der Waals surface area contributed by atoms with Crippen LogP contribution in [-0.2, 0) is 5.41 Å². The van der Waals surface area contributed by atoms with Gasteiger partial charge in [0.2, 0.25) is 5.89 Å². The second kappa shape index (κ2) is 5.21. The SMILES string of the molecule is CC(C)(C)c1ccc2oc3ccc(-c4nc5ccccc5o4)cc3c2c1. The predicted molar refractivity (Wildman–Crippen MR) is 105 cm³/mol. The van der Waals surface area contributed by atoms with Gasteiger partial charge in [0.15, 0.2) is 5.58 Å². The van der Waals surface area contributed by atoms with Gasteiger partial charge in [-0.1, -0.05) is 39.0 Å². The maximum absolute atomic E-state index is 6.02. The molecule has 3 heteroatoms. The lowest BCUT2D eigenvalue weighted by Gasteiger charge is -2.18. The van der Waals surface area contributed by atoms with Crippen LogP contribution in [0.25, 0.3) is 44.5 Å². The van der Waals surface area contributed by atoms with Crippen molar-refractivity contribution in [3.05, 3.63) is 66.2 Å². The van der Waals surface area contributed by atoms with Crippen LogP contribution < -0.4 is 0 Å². The minimum Gasteiger partial charge on any atom is -0.456 e. The van der Waals surface area contributed by atoms with E-state index >= 15 is 0 Å². The smallest absolute Gasteiger partial charge is 0.227 e.